The van der Waals surface area contributed by atoms with Crippen LogP contribution in [0.3, 0.4) is 0 Å². The molecule has 0 saturated carbocycles. The van der Waals surface area contributed by atoms with Crippen molar-refractivity contribution in [2.75, 3.05) is 13.7 Å². The maximum Gasteiger partial charge on any atom is 0.123 e. The summed E-state index contributed by atoms with van der Waals surface area (Å²) in [4.78, 5) is 0. The Labute approximate surface area is 89.6 Å². The lowest BCUT2D eigenvalue weighted by molar-refractivity contribution is 0.167. The molecule has 1 heterocycles. The van der Waals surface area contributed by atoms with Crippen LogP contribution >= 0.6 is 0 Å². The number of rotatable bonds is 3. The summed E-state index contributed by atoms with van der Waals surface area (Å²) in [6.45, 7) is 2.46. The van der Waals surface area contributed by atoms with E-state index >= 15 is 0 Å². The number of aliphatic hydroxyl groups is 1. The fourth-order valence-electron chi connectivity index (χ4n) is 1.99. The minimum atomic E-state index is -0.296. The molecule has 0 amide bonds. The third kappa shape index (κ3) is 2.07. The molecule has 0 spiro atoms. The quantitative estimate of drug-likeness (QED) is 0.825. The van der Waals surface area contributed by atoms with Gasteiger partial charge in [-0.3, -0.25) is 0 Å². The van der Waals surface area contributed by atoms with E-state index in [0.717, 1.165) is 23.5 Å². The lowest BCUT2D eigenvalue weighted by Crippen LogP contribution is -2.09. The van der Waals surface area contributed by atoms with Crippen molar-refractivity contribution in [2.24, 2.45) is 0 Å². The second-order valence-electron chi connectivity index (χ2n) is 4.00. The van der Waals surface area contributed by atoms with E-state index in [9.17, 15) is 5.11 Å². The highest BCUT2D eigenvalue weighted by molar-refractivity contribution is 5.45. The third-order valence-corrected chi connectivity index (χ3v) is 2.72. The average molecular weight is 208 g/mol. The van der Waals surface area contributed by atoms with Gasteiger partial charge in [0.15, 0.2) is 0 Å². The van der Waals surface area contributed by atoms with Gasteiger partial charge in [0.2, 0.25) is 0 Å². The zero-order valence-corrected chi connectivity index (χ0v) is 9.06. The SMILES string of the molecule is COc1ccc2c(c1)C(CC(C)O)CO2. The number of fused-ring (bicyclic) bond motifs is 1. The summed E-state index contributed by atoms with van der Waals surface area (Å²) in [5.74, 6) is 2.05. The summed E-state index contributed by atoms with van der Waals surface area (Å²) in [5.41, 5.74) is 1.15. The van der Waals surface area contributed by atoms with E-state index in [1.165, 1.54) is 0 Å². The molecule has 2 atom stereocenters. The van der Waals surface area contributed by atoms with Crippen molar-refractivity contribution in [3.63, 3.8) is 0 Å². The smallest absolute Gasteiger partial charge is 0.123 e. The molecule has 1 N–H and O–H groups in total. The number of methoxy groups -OCH3 is 1. The lowest BCUT2D eigenvalue weighted by Gasteiger charge is -2.11. The van der Waals surface area contributed by atoms with E-state index in [-0.39, 0.29) is 12.0 Å². The molecule has 3 nitrogen and oxygen atoms in total. The van der Waals surface area contributed by atoms with Crippen molar-refractivity contribution >= 4 is 0 Å². The van der Waals surface area contributed by atoms with Gasteiger partial charge in [0.05, 0.1) is 19.8 Å². The predicted molar refractivity (Wildman–Crippen MR) is 57.5 cm³/mol. The summed E-state index contributed by atoms with van der Waals surface area (Å²) in [6.07, 6.45) is 0.441. The number of benzene rings is 1. The predicted octanol–water partition coefficient (Wildman–Crippen LogP) is 1.94. The van der Waals surface area contributed by atoms with Gasteiger partial charge < -0.3 is 14.6 Å². The number of hydrogen-bond acceptors (Lipinski definition) is 3. The molecule has 1 aromatic rings. The second kappa shape index (κ2) is 4.11. The van der Waals surface area contributed by atoms with Crippen molar-refractivity contribution in [1.29, 1.82) is 0 Å². The van der Waals surface area contributed by atoms with Crippen LogP contribution < -0.4 is 9.47 Å². The second-order valence-corrected chi connectivity index (χ2v) is 4.00. The molecule has 0 fully saturated rings. The summed E-state index contributed by atoms with van der Waals surface area (Å²) in [7, 11) is 1.65. The largest absolute Gasteiger partial charge is 0.497 e. The van der Waals surface area contributed by atoms with Gasteiger partial charge in [-0.2, -0.15) is 0 Å². The zero-order chi connectivity index (χ0) is 10.8. The van der Waals surface area contributed by atoms with Crippen LogP contribution in [0.25, 0.3) is 0 Å². The van der Waals surface area contributed by atoms with Crippen LogP contribution in [0.2, 0.25) is 0 Å². The maximum atomic E-state index is 9.38. The fourth-order valence-corrected chi connectivity index (χ4v) is 1.99. The molecule has 0 saturated heterocycles. The number of ether oxygens (including phenoxy) is 2. The topological polar surface area (TPSA) is 38.7 Å². The molecule has 1 aliphatic heterocycles. The van der Waals surface area contributed by atoms with Crippen LogP contribution in [0.5, 0.6) is 11.5 Å². The van der Waals surface area contributed by atoms with Gasteiger partial charge in [-0.25, -0.2) is 0 Å². The molecule has 0 bridgehead atoms. The molecule has 1 aromatic carbocycles. The van der Waals surface area contributed by atoms with Gasteiger partial charge in [-0.1, -0.05) is 0 Å². The van der Waals surface area contributed by atoms with Crippen molar-refractivity contribution in [3.05, 3.63) is 23.8 Å². The van der Waals surface area contributed by atoms with Gasteiger partial charge in [0, 0.05) is 11.5 Å². The van der Waals surface area contributed by atoms with E-state index in [2.05, 4.69) is 0 Å². The minimum Gasteiger partial charge on any atom is -0.497 e. The van der Waals surface area contributed by atoms with Crippen LogP contribution in [0.1, 0.15) is 24.8 Å². The first-order chi connectivity index (χ1) is 7.20. The molecule has 0 radical (unpaired) electrons. The molecular formula is C12H16O3. The average Bonchev–Trinajstić information content (AvgIpc) is 2.60. The fraction of sp³-hybridized carbons (Fsp3) is 0.500. The van der Waals surface area contributed by atoms with Gasteiger partial charge in [0.1, 0.15) is 11.5 Å². The summed E-state index contributed by atoms with van der Waals surface area (Å²) < 4.78 is 10.7. The highest BCUT2D eigenvalue weighted by Gasteiger charge is 2.25. The number of aliphatic hydroxyl groups excluding tert-OH is 1. The molecule has 0 aliphatic carbocycles. The molecule has 2 unspecified atom stereocenters. The number of hydrogen-bond donors (Lipinski definition) is 1. The van der Waals surface area contributed by atoms with Gasteiger partial charge >= 0.3 is 0 Å². The van der Waals surface area contributed by atoms with Gasteiger partial charge in [-0.15, -0.1) is 0 Å². The summed E-state index contributed by atoms with van der Waals surface area (Å²) in [5, 5.41) is 9.38. The van der Waals surface area contributed by atoms with Crippen molar-refractivity contribution in [3.8, 4) is 11.5 Å². The van der Waals surface area contributed by atoms with Crippen LogP contribution in [0.15, 0.2) is 18.2 Å². The highest BCUT2D eigenvalue weighted by Crippen LogP contribution is 2.38. The van der Waals surface area contributed by atoms with E-state index < -0.39 is 0 Å². The van der Waals surface area contributed by atoms with E-state index in [1.807, 2.05) is 18.2 Å². The van der Waals surface area contributed by atoms with Crippen LogP contribution in [-0.2, 0) is 0 Å². The Morgan fingerprint density at radius 3 is 3.07 bits per heavy atom. The van der Waals surface area contributed by atoms with E-state index in [4.69, 9.17) is 9.47 Å². The molecule has 15 heavy (non-hydrogen) atoms. The monoisotopic (exact) mass is 208 g/mol. The first-order valence-electron chi connectivity index (χ1n) is 5.19. The van der Waals surface area contributed by atoms with Crippen LogP contribution in [0.4, 0.5) is 0 Å². The normalized spacial score (nSPS) is 20.6. The van der Waals surface area contributed by atoms with Gasteiger partial charge in [0.25, 0.3) is 0 Å². The molecular weight excluding hydrogens is 192 g/mol. The Bertz CT molecular complexity index is 347. The first-order valence-corrected chi connectivity index (χ1v) is 5.19. The highest BCUT2D eigenvalue weighted by atomic mass is 16.5. The van der Waals surface area contributed by atoms with Crippen molar-refractivity contribution in [2.45, 2.75) is 25.4 Å². The zero-order valence-electron chi connectivity index (χ0n) is 9.06. The maximum absolute atomic E-state index is 9.38. The molecule has 0 aromatic heterocycles. The summed E-state index contributed by atoms with van der Waals surface area (Å²) >= 11 is 0. The standard InChI is InChI=1S/C12H16O3/c1-8(13)5-9-7-15-12-4-3-10(14-2)6-11(9)12/h3-4,6,8-9,13H,5,7H2,1-2H3. The Kier molecular flexibility index (Phi) is 2.82. The third-order valence-electron chi connectivity index (χ3n) is 2.72. The summed E-state index contributed by atoms with van der Waals surface area (Å²) in [6, 6.07) is 5.81. The van der Waals surface area contributed by atoms with Crippen LogP contribution in [-0.4, -0.2) is 24.9 Å². The van der Waals surface area contributed by atoms with Crippen LogP contribution in [0, 0.1) is 0 Å². The molecule has 82 valence electrons. The van der Waals surface area contributed by atoms with Crippen molar-refractivity contribution in [1.82, 2.24) is 0 Å². The molecule has 3 heteroatoms. The molecule has 1 aliphatic rings. The Morgan fingerprint density at radius 2 is 2.40 bits per heavy atom. The Hall–Kier alpha value is -1.22. The van der Waals surface area contributed by atoms with E-state index in [1.54, 1.807) is 14.0 Å². The first kappa shape index (κ1) is 10.3. The molecule has 2 rings (SSSR count). The minimum absolute atomic E-state index is 0.287. The van der Waals surface area contributed by atoms with E-state index in [0.29, 0.717) is 6.61 Å². The van der Waals surface area contributed by atoms with Crippen molar-refractivity contribution < 1.29 is 14.6 Å². The van der Waals surface area contributed by atoms with Gasteiger partial charge in [-0.05, 0) is 31.5 Å². The lowest BCUT2D eigenvalue weighted by atomic mass is 9.95. The Morgan fingerprint density at radius 1 is 1.60 bits per heavy atom. The Balaban J connectivity index is 2.23.